The summed E-state index contributed by atoms with van der Waals surface area (Å²) in [5.41, 5.74) is 3.59. The van der Waals surface area contributed by atoms with Crippen LogP contribution < -0.4 is 5.56 Å². The van der Waals surface area contributed by atoms with Crippen LogP contribution in [-0.4, -0.2) is 40.6 Å². The summed E-state index contributed by atoms with van der Waals surface area (Å²) in [5.74, 6) is 0.804. The summed E-state index contributed by atoms with van der Waals surface area (Å²) >= 11 is 0. The monoisotopic (exact) mass is 461 g/mol. The number of aromatic nitrogens is 2. The highest BCUT2D eigenvalue weighted by atomic mass is 16.5. The van der Waals surface area contributed by atoms with Crippen molar-refractivity contribution in [1.29, 1.82) is 0 Å². The van der Waals surface area contributed by atoms with Gasteiger partial charge in [0.2, 0.25) is 5.91 Å². The Kier molecular flexibility index (Phi) is 7.47. The summed E-state index contributed by atoms with van der Waals surface area (Å²) in [6, 6.07) is 13.1. The van der Waals surface area contributed by atoms with E-state index < -0.39 is 0 Å². The molecule has 1 aliphatic carbocycles. The summed E-state index contributed by atoms with van der Waals surface area (Å²) < 4.78 is 6.97. The number of methoxy groups -OCH3 is 1. The number of benzene rings is 2. The van der Waals surface area contributed by atoms with Gasteiger partial charge < -0.3 is 9.64 Å². The highest BCUT2D eigenvalue weighted by Crippen LogP contribution is 2.31. The number of hydrogen-bond donors (Lipinski definition) is 0. The molecule has 0 radical (unpaired) electrons. The van der Waals surface area contributed by atoms with Crippen molar-refractivity contribution in [3.05, 3.63) is 69.8 Å². The van der Waals surface area contributed by atoms with Crippen LogP contribution in [0.1, 0.15) is 62.0 Å². The number of carbonyl (C=O) groups excluding carboxylic acids is 1. The number of ether oxygens (including phenoxy) is 1. The topological polar surface area (TPSA) is 64.4 Å². The van der Waals surface area contributed by atoms with Gasteiger partial charge in [-0.25, -0.2) is 4.98 Å². The van der Waals surface area contributed by atoms with Gasteiger partial charge >= 0.3 is 0 Å². The Labute approximate surface area is 201 Å². The van der Waals surface area contributed by atoms with E-state index in [-0.39, 0.29) is 23.4 Å². The molecule has 180 valence electrons. The Bertz CT molecular complexity index is 1230. The molecule has 0 bridgehead atoms. The zero-order valence-electron chi connectivity index (χ0n) is 20.7. The Balaban J connectivity index is 1.86. The van der Waals surface area contributed by atoms with E-state index in [4.69, 9.17) is 9.72 Å². The fourth-order valence-corrected chi connectivity index (χ4v) is 4.96. The van der Waals surface area contributed by atoms with E-state index in [2.05, 4.69) is 6.92 Å². The van der Waals surface area contributed by atoms with Crippen molar-refractivity contribution in [2.24, 2.45) is 5.92 Å². The number of nitrogens with zero attached hydrogens (tertiary/aromatic N) is 3. The number of amides is 1. The van der Waals surface area contributed by atoms with Crippen LogP contribution >= 0.6 is 0 Å². The molecule has 1 aromatic heterocycles. The fourth-order valence-electron chi connectivity index (χ4n) is 4.96. The Morgan fingerprint density at radius 1 is 1.15 bits per heavy atom. The smallest absolute Gasteiger partial charge is 0.266 e. The highest BCUT2D eigenvalue weighted by molar-refractivity contribution is 5.80. The Morgan fingerprint density at radius 3 is 2.59 bits per heavy atom. The predicted molar refractivity (Wildman–Crippen MR) is 135 cm³/mol. The molecule has 1 saturated carbocycles. The Morgan fingerprint density at radius 2 is 1.88 bits per heavy atom. The quantitative estimate of drug-likeness (QED) is 0.437. The van der Waals surface area contributed by atoms with Gasteiger partial charge in [0.15, 0.2) is 0 Å². The first kappa shape index (κ1) is 24.1. The third-order valence-corrected chi connectivity index (χ3v) is 7.13. The minimum atomic E-state index is -0.358. The van der Waals surface area contributed by atoms with E-state index in [1.165, 1.54) is 0 Å². The van der Waals surface area contributed by atoms with Crippen molar-refractivity contribution >= 4 is 16.8 Å². The average Bonchev–Trinajstić information content (AvgIpc) is 3.38. The van der Waals surface area contributed by atoms with Crippen LogP contribution in [0.25, 0.3) is 16.6 Å². The van der Waals surface area contributed by atoms with E-state index in [0.29, 0.717) is 29.9 Å². The number of para-hydroxylation sites is 1. The van der Waals surface area contributed by atoms with Gasteiger partial charge in [-0.05, 0) is 75.4 Å². The molecule has 1 aliphatic rings. The molecule has 0 N–H and O–H groups in total. The zero-order chi connectivity index (χ0) is 24.2. The molecular formula is C28H35N3O3. The number of aryl methyl sites for hydroxylation is 2. The van der Waals surface area contributed by atoms with Crippen LogP contribution in [0.4, 0.5) is 0 Å². The first-order chi connectivity index (χ1) is 16.4. The molecular weight excluding hydrogens is 426 g/mol. The van der Waals surface area contributed by atoms with Gasteiger partial charge in [0.25, 0.3) is 5.56 Å². The molecule has 4 rings (SSSR count). The van der Waals surface area contributed by atoms with Gasteiger partial charge in [-0.2, -0.15) is 0 Å². The second kappa shape index (κ2) is 10.5. The molecule has 34 heavy (non-hydrogen) atoms. The molecule has 2 aromatic carbocycles. The summed E-state index contributed by atoms with van der Waals surface area (Å²) in [6.07, 6.45) is 4.79. The fraction of sp³-hybridized carbons (Fsp3) is 0.464. The third kappa shape index (κ3) is 4.78. The normalized spacial score (nSPS) is 15.1. The van der Waals surface area contributed by atoms with Crippen molar-refractivity contribution in [2.45, 2.75) is 58.9 Å². The second-order valence-corrected chi connectivity index (χ2v) is 9.43. The first-order valence-corrected chi connectivity index (χ1v) is 12.3. The summed E-state index contributed by atoms with van der Waals surface area (Å²) in [6.45, 7) is 7.24. The van der Waals surface area contributed by atoms with Gasteiger partial charge in [0, 0.05) is 26.2 Å². The Hall–Kier alpha value is -2.99. The lowest BCUT2D eigenvalue weighted by atomic mass is 10.0. The standard InChI is InChI=1S/C28H35N3O3/c1-19-14-15-23(18-20(19)2)31-26(29-25-13-8-7-12-24(25)28(31)33)21(3)30(16-9-17-34-4)27(32)22-10-5-6-11-22/h7-8,12-15,18,21-22H,5-6,9-11,16-17H2,1-4H3. The lowest BCUT2D eigenvalue weighted by Crippen LogP contribution is -2.41. The van der Waals surface area contributed by atoms with Crippen molar-refractivity contribution in [1.82, 2.24) is 14.5 Å². The zero-order valence-corrected chi connectivity index (χ0v) is 20.7. The summed E-state index contributed by atoms with van der Waals surface area (Å²) in [7, 11) is 1.68. The number of rotatable bonds is 8. The molecule has 0 spiro atoms. The number of hydrogen-bond acceptors (Lipinski definition) is 4. The van der Waals surface area contributed by atoms with Gasteiger partial charge in [-0.15, -0.1) is 0 Å². The van der Waals surface area contributed by atoms with Gasteiger partial charge in [-0.1, -0.05) is 31.0 Å². The van der Waals surface area contributed by atoms with Crippen LogP contribution in [0.2, 0.25) is 0 Å². The van der Waals surface area contributed by atoms with Crippen molar-refractivity contribution in [2.75, 3.05) is 20.3 Å². The second-order valence-electron chi connectivity index (χ2n) is 9.43. The van der Waals surface area contributed by atoms with Crippen molar-refractivity contribution < 1.29 is 9.53 Å². The molecule has 1 unspecified atom stereocenters. The van der Waals surface area contributed by atoms with Crippen LogP contribution in [0.5, 0.6) is 0 Å². The largest absolute Gasteiger partial charge is 0.385 e. The van der Waals surface area contributed by atoms with Crippen LogP contribution in [0, 0.1) is 19.8 Å². The van der Waals surface area contributed by atoms with Gasteiger partial charge in [0.1, 0.15) is 5.82 Å². The molecule has 1 heterocycles. The first-order valence-electron chi connectivity index (χ1n) is 12.3. The van der Waals surface area contributed by atoms with E-state index in [9.17, 15) is 9.59 Å². The molecule has 1 amide bonds. The van der Waals surface area contributed by atoms with Crippen LogP contribution in [0.15, 0.2) is 47.3 Å². The molecule has 1 atom stereocenters. The SMILES string of the molecule is COCCCN(C(=O)C1CCCC1)C(C)c1nc2ccccc2c(=O)n1-c1ccc(C)c(C)c1. The van der Waals surface area contributed by atoms with Crippen molar-refractivity contribution in [3.8, 4) is 5.69 Å². The molecule has 1 fully saturated rings. The minimum Gasteiger partial charge on any atom is -0.385 e. The lowest BCUT2D eigenvalue weighted by molar-refractivity contribution is -0.138. The maximum absolute atomic E-state index is 13.8. The summed E-state index contributed by atoms with van der Waals surface area (Å²) in [4.78, 5) is 34.3. The summed E-state index contributed by atoms with van der Waals surface area (Å²) in [5, 5.41) is 0.574. The predicted octanol–water partition coefficient (Wildman–Crippen LogP) is 5.12. The molecule has 3 aromatic rings. The van der Waals surface area contributed by atoms with E-state index >= 15 is 0 Å². The third-order valence-electron chi connectivity index (χ3n) is 7.13. The van der Waals surface area contributed by atoms with Gasteiger partial charge in [0.05, 0.1) is 22.6 Å². The van der Waals surface area contributed by atoms with Gasteiger partial charge in [-0.3, -0.25) is 14.2 Å². The molecule has 6 nitrogen and oxygen atoms in total. The van der Waals surface area contributed by atoms with E-state index in [0.717, 1.165) is 48.9 Å². The maximum Gasteiger partial charge on any atom is 0.266 e. The van der Waals surface area contributed by atoms with E-state index in [1.807, 2.05) is 61.2 Å². The number of carbonyl (C=O) groups is 1. The average molecular weight is 462 g/mol. The maximum atomic E-state index is 13.8. The van der Waals surface area contributed by atoms with Crippen LogP contribution in [0.3, 0.4) is 0 Å². The van der Waals surface area contributed by atoms with E-state index in [1.54, 1.807) is 11.7 Å². The minimum absolute atomic E-state index is 0.0484. The lowest BCUT2D eigenvalue weighted by Gasteiger charge is -2.32. The molecule has 0 aliphatic heterocycles. The van der Waals surface area contributed by atoms with Crippen LogP contribution in [-0.2, 0) is 9.53 Å². The number of fused-ring (bicyclic) bond motifs is 1. The highest BCUT2D eigenvalue weighted by Gasteiger charge is 2.32. The molecule has 0 saturated heterocycles. The van der Waals surface area contributed by atoms with Crippen molar-refractivity contribution in [3.63, 3.8) is 0 Å². The molecule has 6 heteroatoms.